The molecule has 6 nitrogen and oxygen atoms in total. The Hall–Kier alpha value is -1.64. The molecule has 0 fully saturated rings. The number of rotatable bonds is 4. The van der Waals surface area contributed by atoms with Crippen molar-refractivity contribution in [3.8, 4) is 0 Å². The average molecular weight is 373 g/mol. The van der Waals surface area contributed by atoms with E-state index in [0.29, 0.717) is 22.3 Å². The van der Waals surface area contributed by atoms with Crippen molar-refractivity contribution in [2.45, 2.75) is 18.2 Å². The average Bonchev–Trinajstić information content (AvgIpc) is 2.88. The Balaban J connectivity index is 2.22. The first kappa shape index (κ1) is 15.7. The quantitative estimate of drug-likeness (QED) is 0.860. The number of nitrogens with one attached hydrogen (secondary N) is 1. The van der Waals surface area contributed by atoms with E-state index in [1.165, 1.54) is 18.2 Å². The van der Waals surface area contributed by atoms with Crippen LogP contribution in [0, 0.1) is 0 Å². The fourth-order valence-electron chi connectivity index (χ4n) is 1.65. The number of hydrogen-bond acceptors (Lipinski definition) is 4. The van der Waals surface area contributed by atoms with E-state index in [-0.39, 0.29) is 10.7 Å². The molecule has 0 aliphatic carbocycles. The van der Waals surface area contributed by atoms with Crippen LogP contribution in [0.15, 0.2) is 44.1 Å². The first-order valence-corrected chi connectivity index (χ1v) is 8.37. The highest BCUT2D eigenvalue weighted by molar-refractivity contribution is 9.10. The molecule has 0 saturated heterocycles. The van der Waals surface area contributed by atoms with Crippen LogP contribution in [0.25, 0.3) is 0 Å². The number of carbonyl (C=O) groups is 1. The van der Waals surface area contributed by atoms with Gasteiger partial charge in [-0.1, -0.05) is 6.92 Å². The van der Waals surface area contributed by atoms with Gasteiger partial charge in [0.15, 0.2) is 5.76 Å². The molecule has 0 aliphatic heterocycles. The Morgan fingerprint density at radius 3 is 2.57 bits per heavy atom. The molecule has 0 atom stereocenters. The van der Waals surface area contributed by atoms with Gasteiger partial charge in [-0.2, -0.15) is 0 Å². The molecule has 1 aromatic carbocycles. The van der Waals surface area contributed by atoms with Gasteiger partial charge in [-0.15, -0.1) is 0 Å². The van der Waals surface area contributed by atoms with Crippen LogP contribution in [0.3, 0.4) is 0 Å². The highest BCUT2D eigenvalue weighted by Gasteiger charge is 2.14. The lowest BCUT2D eigenvalue weighted by Gasteiger charge is -2.07. The Kier molecular flexibility index (Phi) is 4.50. The van der Waals surface area contributed by atoms with Crippen LogP contribution in [0.1, 0.15) is 23.2 Å². The Bertz CT molecular complexity index is 783. The number of aryl methyl sites for hydroxylation is 1. The molecule has 2 aromatic rings. The number of anilines is 1. The number of primary sulfonamides is 1. The van der Waals surface area contributed by atoms with Gasteiger partial charge in [-0.05, 0) is 46.3 Å². The first-order valence-electron chi connectivity index (χ1n) is 6.03. The van der Waals surface area contributed by atoms with Crippen LogP contribution in [0.5, 0.6) is 0 Å². The lowest BCUT2D eigenvalue weighted by atomic mass is 10.3. The Morgan fingerprint density at radius 2 is 2.05 bits per heavy atom. The molecule has 3 N–H and O–H groups in total. The molecule has 0 bridgehead atoms. The van der Waals surface area contributed by atoms with E-state index in [9.17, 15) is 13.2 Å². The number of hydrogen-bond donors (Lipinski definition) is 2. The molecular weight excluding hydrogens is 360 g/mol. The lowest BCUT2D eigenvalue weighted by Crippen LogP contribution is -2.14. The fraction of sp³-hybridized carbons (Fsp3) is 0.154. The highest BCUT2D eigenvalue weighted by atomic mass is 79.9. The minimum absolute atomic E-state index is 0.0429. The number of furan rings is 1. The minimum Gasteiger partial charge on any atom is -0.456 e. The van der Waals surface area contributed by atoms with Gasteiger partial charge in [0, 0.05) is 10.9 Å². The molecule has 1 heterocycles. The largest absolute Gasteiger partial charge is 0.456 e. The summed E-state index contributed by atoms with van der Waals surface area (Å²) in [4.78, 5) is 12.0. The van der Waals surface area contributed by atoms with Gasteiger partial charge in [0.2, 0.25) is 10.0 Å². The monoisotopic (exact) mass is 372 g/mol. The third-order valence-electron chi connectivity index (χ3n) is 2.75. The SMILES string of the molecule is CCc1ccc(C(=O)Nc2ccc(S(N)(=O)=O)cc2Br)o1. The van der Waals surface area contributed by atoms with Crippen LogP contribution in [-0.4, -0.2) is 14.3 Å². The van der Waals surface area contributed by atoms with Crippen molar-refractivity contribution < 1.29 is 17.6 Å². The summed E-state index contributed by atoms with van der Waals surface area (Å²) in [7, 11) is -3.78. The first-order chi connectivity index (χ1) is 9.81. The van der Waals surface area contributed by atoms with Gasteiger partial charge >= 0.3 is 0 Å². The third-order valence-corrected chi connectivity index (χ3v) is 4.32. The van der Waals surface area contributed by atoms with Crippen molar-refractivity contribution in [3.05, 3.63) is 46.3 Å². The summed E-state index contributed by atoms with van der Waals surface area (Å²) in [6.07, 6.45) is 0.694. The van der Waals surface area contributed by atoms with Gasteiger partial charge < -0.3 is 9.73 Å². The van der Waals surface area contributed by atoms with Crippen molar-refractivity contribution in [1.29, 1.82) is 0 Å². The minimum atomic E-state index is -3.78. The highest BCUT2D eigenvalue weighted by Crippen LogP contribution is 2.26. The molecule has 0 radical (unpaired) electrons. The molecule has 1 aromatic heterocycles. The molecule has 1 amide bonds. The van der Waals surface area contributed by atoms with Gasteiger partial charge in [-0.3, -0.25) is 4.79 Å². The maximum atomic E-state index is 12.0. The smallest absolute Gasteiger partial charge is 0.291 e. The second-order valence-electron chi connectivity index (χ2n) is 4.26. The second-order valence-corrected chi connectivity index (χ2v) is 6.68. The molecular formula is C13H13BrN2O4S. The molecule has 2 rings (SSSR count). The maximum Gasteiger partial charge on any atom is 0.291 e. The van der Waals surface area contributed by atoms with Gasteiger partial charge in [0.1, 0.15) is 5.76 Å². The molecule has 112 valence electrons. The number of amides is 1. The zero-order valence-electron chi connectivity index (χ0n) is 11.1. The van der Waals surface area contributed by atoms with E-state index in [0.717, 1.165) is 0 Å². The summed E-state index contributed by atoms with van der Waals surface area (Å²) in [6.45, 7) is 1.92. The topological polar surface area (TPSA) is 102 Å². The van der Waals surface area contributed by atoms with Gasteiger partial charge in [0.25, 0.3) is 5.91 Å². The summed E-state index contributed by atoms with van der Waals surface area (Å²) < 4.78 is 28.2. The van der Waals surface area contributed by atoms with Crippen LogP contribution < -0.4 is 10.5 Å². The summed E-state index contributed by atoms with van der Waals surface area (Å²) in [5.41, 5.74) is 0.418. The zero-order chi connectivity index (χ0) is 15.6. The molecule has 0 aliphatic rings. The lowest BCUT2D eigenvalue weighted by molar-refractivity contribution is 0.0995. The summed E-state index contributed by atoms with van der Waals surface area (Å²) in [5, 5.41) is 7.66. The zero-order valence-corrected chi connectivity index (χ0v) is 13.5. The normalized spacial score (nSPS) is 11.4. The number of sulfonamides is 1. The molecule has 21 heavy (non-hydrogen) atoms. The number of benzene rings is 1. The van der Waals surface area contributed by atoms with Crippen LogP contribution in [0.2, 0.25) is 0 Å². The molecule has 8 heteroatoms. The fourth-order valence-corrected chi connectivity index (χ4v) is 2.82. The number of halogens is 1. The van der Waals surface area contributed by atoms with Gasteiger partial charge in [-0.25, -0.2) is 13.6 Å². The maximum absolute atomic E-state index is 12.0. The molecule has 0 spiro atoms. The predicted molar refractivity (Wildman–Crippen MR) is 81.6 cm³/mol. The van der Waals surface area contributed by atoms with Crippen LogP contribution in [0.4, 0.5) is 5.69 Å². The molecule has 0 unspecified atom stereocenters. The standard InChI is InChI=1S/C13H13BrN2O4S/c1-2-8-3-6-12(20-8)13(17)16-11-5-4-9(7-10(11)14)21(15,18)19/h3-7H,2H2,1H3,(H,16,17)(H2,15,18,19). The van der Waals surface area contributed by atoms with E-state index in [1.54, 1.807) is 12.1 Å². The van der Waals surface area contributed by atoms with E-state index in [2.05, 4.69) is 21.2 Å². The Morgan fingerprint density at radius 1 is 1.33 bits per heavy atom. The summed E-state index contributed by atoms with van der Waals surface area (Å²) in [5.74, 6) is 0.483. The van der Waals surface area contributed by atoms with Crippen molar-refractivity contribution in [2.75, 3.05) is 5.32 Å². The third kappa shape index (κ3) is 3.72. The van der Waals surface area contributed by atoms with Crippen molar-refractivity contribution >= 4 is 37.5 Å². The van der Waals surface area contributed by atoms with E-state index in [1.807, 2.05) is 6.92 Å². The Labute approximate surface area is 130 Å². The predicted octanol–water partition coefficient (Wildman–Crippen LogP) is 2.50. The second kappa shape index (κ2) is 6.00. The number of carbonyl (C=O) groups excluding carboxylic acids is 1. The summed E-state index contributed by atoms with van der Waals surface area (Å²) in [6, 6.07) is 7.40. The van der Waals surface area contributed by atoms with Gasteiger partial charge in [0.05, 0.1) is 10.6 Å². The number of nitrogens with two attached hydrogens (primary N) is 1. The van der Waals surface area contributed by atoms with E-state index >= 15 is 0 Å². The summed E-state index contributed by atoms with van der Waals surface area (Å²) >= 11 is 3.19. The van der Waals surface area contributed by atoms with E-state index < -0.39 is 15.9 Å². The molecule has 0 saturated carbocycles. The van der Waals surface area contributed by atoms with Crippen molar-refractivity contribution in [1.82, 2.24) is 0 Å². The van der Waals surface area contributed by atoms with Crippen LogP contribution >= 0.6 is 15.9 Å². The van der Waals surface area contributed by atoms with Crippen LogP contribution in [-0.2, 0) is 16.4 Å². The van der Waals surface area contributed by atoms with Crippen molar-refractivity contribution in [2.24, 2.45) is 5.14 Å². The van der Waals surface area contributed by atoms with Crippen molar-refractivity contribution in [3.63, 3.8) is 0 Å². The van der Waals surface area contributed by atoms with E-state index in [4.69, 9.17) is 9.56 Å².